The number of rotatable bonds is 2. The van der Waals surface area contributed by atoms with Crippen LogP contribution in [0.5, 0.6) is 0 Å². The predicted octanol–water partition coefficient (Wildman–Crippen LogP) is 2.10. The van der Waals surface area contributed by atoms with E-state index in [-0.39, 0.29) is 18.4 Å². The van der Waals surface area contributed by atoms with Crippen LogP contribution in [0.1, 0.15) is 22.3 Å². The summed E-state index contributed by atoms with van der Waals surface area (Å²) in [6.45, 7) is 3.42. The van der Waals surface area contributed by atoms with Crippen LogP contribution in [0, 0.1) is 12.8 Å². The Morgan fingerprint density at radius 3 is 2.94 bits per heavy atom. The van der Waals surface area contributed by atoms with Crippen molar-refractivity contribution in [3.05, 3.63) is 34.3 Å². The molecule has 92 valence electrons. The zero-order valence-electron chi connectivity index (χ0n) is 9.82. The third-order valence-electron chi connectivity index (χ3n) is 3.25. The molecule has 1 aromatic carbocycles. The van der Waals surface area contributed by atoms with E-state index in [1.807, 2.05) is 6.92 Å². The highest BCUT2D eigenvalue weighted by molar-refractivity contribution is 6.30. The summed E-state index contributed by atoms with van der Waals surface area (Å²) in [7, 11) is 0. The monoisotopic (exact) mass is 253 g/mol. The van der Waals surface area contributed by atoms with Crippen molar-refractivity contribution in [1.82, 2.24) is 4.90 Å². The molecule has 1 atom stereocenters. The second kappa shape index (κ2) is 5.07. The van der Waals surface area contributed by atoms with Gasteiger partial charge in [-0.2, -0.15) is 0 Å². The van der Waals surface area contributed by atoms with Gasteiger partial charge >= 0.3 is 0 Å². The van der Waals surface area contributed by atoms with Crippen molar-refractivity contribution in [2.45, 2.75) is 13.3 Å². The normalized spacial score (nSPS) is 19.7. The molecule has 1 amide bonds. The van der Waals surface area contributed by atoms with Gasteiger partial charge in [0.2, 0.25) is 0 Å². The van der Waals surface area contributed by atoms with E-state index in [4.69, 9.17) is 16.7 Å². The van der Waals surface area contributed by atoms with E-state index in [9.17, 15) is 4.79 Å². The molecule has 1 aliphatic rings. The van der Waals surface area contributed by atoms with Gasteiger partial charge in [-0.3, -0.25) is 4.79 Å². The number of hydrogen-bond donors (Lipinski definition) is 1. The van der Waals surface area contributed by atoms with Crippen LogP contribution in [0.3, 0.4) is 0 Å². The van der Waals surface area contributed by atoms with Crippen molar-refractivity contribution in [1.29, 1.82) is 0 Å². The Bertz CT molecular complexity index is 433. The molecular weight excluding hydrogens is 238 g/mol. The first-order valence-electron chi connectivity index (χ1n) is 5.78. The fraction of sp³-hybridized carbons (Fsp3) is 0.462. The minimum absolute atomic E-state index is 0.0371. The molecule has 3 nitrogen and oxygen atoms in total. The van der Waals surface area contributed by atoms with Gasteiger partial charge in [0.25, 0.3) is 5.91 Å². The van der Waals surface area contributed by atoms with Crippen molar-refractivity contribution in [3.63, 3.8) is 0 Å². The van der Waals surface area contributed by atoms with Crippen LogP contribution in [-0.4, -0.2) is 35.6 Å². The molecule has 2 rings (SSSR count). The van der Waals surface area contributed by atoms with E-state index in [0.29, 0.717) is 17.1 Å². The molecule has 0 bridgehead atoms. The number of carbonyl (C=O) groups excluding carboxylic acids is 1. The number of benzene rings is 1. The summed E-state index contributed by atoms with van der Waals surface area (Å²) in [5, 5.41) is 9.72. The molecule has 0 unspecified atom stereocenters. The van der Waals surface area contributed by atoms with Crippen molar-refractivity contribution in [2.24, 2.45) is 5.92 Å². The van der Waals surface area contributed by atoms with Gasteiger partial charge in [-0.15, -0.1) is 0 Å². The molecule has 4 heteroatoms. The first-order chi connectivity index (χ1) is 8.11. The number of likely N-dealkylation sites (tertiary alicyclic amines) is 1. The average molecular weight is 254 g/mol. The Labute approximate surface area is 106 Å². The molecule has 0 aliphatic carbocycles. The number of aliphatic hydroxyl groups is 1. The Balaban J connectivity index is 2.15. The van der Waals surface area contributed by atoms with Crippen LogP contribution in [0.25, 0.3) is 0 Å². The Hall–Kier alpha value is -1.06. The van der Waals surface area contributed by atoms with E-state index in [0.717, 1.165) is 18.5 Å². The maximum Gasteiger partial charge on any atom is 0.254 e. The molecule has 1 fully saturated rings. The van der Waals surface area contributed by atoms with E-state index in [1.54, 1.807) is 23.1 Å². The Morgan fingerprint density at radius 2 is 2.35 bits per heavy atom. The average Bonchev–Trinajstić information content (AvgIpc) is 2.76. The highest BCUT2D eigenvalue weighted by Gasteiger charge is 2.26. The van der Waals surface area contributed by atoms with E-state index < -0.39 is 0 Å². The van der Waals surface area contributed by atoms with E-state index in [1.165, 1.54) is 0 Å². The SMILES string of the molecule is Cc1cc(Cl)ccc1C(=O)N1CC[C@@H](CO)C1. The molecule has 1 N–H and O–H groups in total. The zero-order chi connectivity index (χ0) is 12.4. The first kappa shape index (κ1) is 12.4. The predicted molar refractivity (Wildman–Crippen MR) is 67.3 cm³/mol. The molecule has 1 saturated heterocycles. The lowest BCUT2D eigenvalue weighted by atomic mass is 10.1. The van der Waals surface area contributed by atoms with Crippen LogP contribution in [0.2, 0.25) is 5.02 Å². The quantitative estimate of drug-likeness (QED) is 0.877. The molecule has 17 heavy (non-hydrogen) atoms. The summed E-state index contributed by atoms with van der Waals surface area (Å²) in [4.78, 5) is 14.0. The third-order valence-corrected chi connectivity index (χ3v) is 3.49. The second-order valence-electron chi connectivity index (χ2n) is 4.55. The molecule has 1 heterocycles. The Kier molecular flexibility index (Phi) is 3.69. The number of hydrogen-bond acceptors (Lipinski definition) is 2. The van der Waals surface area contributed by atoms with Crippen LogP contribution < -0.4 is 0 Å². The molecule has 0 saturated carbocycles. The lowest BCUT2D eigenvalue weighted by Gasteiger charge is -2.17. The largest absolute Gasteiger partial charge is 0.396 e. The van der Waals surface area contributed by atoms with Crippen molar-refractivity contribution in [3.8, 4) is 0 Å². The number of nitrogens with zero attached hydrogens (tertiary/aromatic N) is 1. The van der Waals surface area contributed by atoms with Crippen LogP contribution in [-0.2, 0) is 0 Å². The van der Waals surface area contributed by atoms with Crippen LogP contribution in [0.4, 0.5) is 0 Å². The van der Waals surface area contributed by atoms with Gasteiger partial charge in [-0.25, -0.2) is 0 Å². The lowest BCUT2D eigenvalue weighted by Crippen LogP contribution is -2.29. The standard InChI is InChI=1S/C13H16ClNO2/c1-9-6-11(14)2-3-12(9)13(17)15-5-4-10(7-15)8-16/h2-3,6,10,16H,4-5,7-8H2,1H3/t10-/m1/s1. The molecule has 0 radical (unpaired) electrons. The summed E-state index contributed by atoms with van der Waals surface area (Å²) in [5.41, 5.74) is 1.60. The van der Waals surface area contributed by atoms with Gasteiger partial charge in [0, 0.05) is 36.2 Å². The maximum atomic E-state index is 12.2. The topological polar surface area (TPSA) is 40.5 Å². The van der Waals surface area contributed by atoms with Crippen molar-refractivity contribution >= 4 is 17.5 Å². The fourth-order valence-electron chi connectivity index (χ4n) is 2.20. The minimum atomic E-state index is 0.0371. The second-order valence-corrected chi connectivity index (χ2v) is 4.98. The number of carbonyl (C=O) groups is 1. The highest BCUT2D eigenvalue weighted by Crippen LogP contribution is 2.21. The maximum absolute atomic E-state index is 12.2. The lowest BCUT2D eigenvalue weighted by molar-refractivity contribution is 0.0781. The molecule has 0 aromatic heterocycles. The molecule has 1 aromatic rings. The minimum Gasteiger partial charge on any atom is -0.396 e. The van der Waals surface area contributed by atoms with Gasteiger partial charge in [-0.05, 0) is 37.1 Å². The van der Waals surface area contributed by atoms with Gasteiger partial charge in [0.05, 0.1) is 0 Å². The molecule has 1 aliphatic heterocycles. The van der Waals surface area contributed by atoms with Gasteiger partial charge < -0.3 is 10.0 Å². The molecule has 0 spiro atoms. The fourth-order valence-corrected chi connectivity index (χ4v) is 2.43. The van der Waals surface area contributed by atoms with Gasteiger partial charge in [0.1, 0.15) is 0 Å². The Morgan fingerprint density at radius 1 is 1.59 bits per heavy atom. The summed E-state index contributed by atoms with van der Waals surface area (Å²) in [6.07, 6.45) is 0.884. The van der Waals surface area contributed by atoms with Crippen LogP contribution in [0.15, 0.2) is 18.2 Å². The number of halogens is 1. The number of amides is 1. The van der Waals surface area contributed by atoms with E-state index >= 15 is 0 Å². The van der Waals surface area contributed by atoms with Gasteiger partial charge in [-0.1, -0.05) is 11.6 Å². The summed E-state index contributed by atoms with van der Waals surface area (Å²) in [6, 6.07) is 5.31. The first-order valence-corrected chi connectivity index (χ1v) is 6.16. The summed E-state index contributed by atoms with van der Waals surface area (Å²) < 4.78 is 0. The highest BCUT2D eigenvalue weighted by atomic mass is 35.5. The summed E-state index contributed by atoms with van der Waals surface area (Å²) in [5.74, 6) is 0.265. The number of aryl methyl sites for hydroxylation is 1. The van der Waals surface area contributed by atoms with Crippen molar-refractivity contribution in [2.75, 3.05) is 19.7 Å². The third kappa shape index (κ3) is 2.61. The van der Waals surface area contributed by atoms with Crippen LogP contribution >= 0.6 is 11.6 Å². The van der Waals surface area contributed by atoms with E-state index in [2.05, 4.69) is 0 Å². The number of aliphatic hydroxyl groups excluding tert-OH is 1. The van der Waals surface area contributed by atoms with Gasteiger partial charge in [0.15, 0.2) is 0 Å². The zero-order valence-corrected chi connectivity index (χ0v) is 10.6. The van der Waals surface area contributed by atoms with Crippen molar-refractivity contribution < 1.29 is 9.90 Å². The summed E-state index contributed by atoms with van der Waals surface area (Å²) >= 11 is 5.87. The molecular formula is C13H16ClNO2. The smallest absolute Gasteiger partial charge is 0.254 e.